The molecule has 2 aromatic heterocycles. The van der Waals surface area contributed by atoms with Crippen LogP contribution < -0.4 is 0 Å². The third-order valence-corrected chi connectivity index (χ3v) is 1.87. The van der Waals surface area contributed by atoms with Gasteiger partial charge in [0.25, 0.3) is 0 Å². The number of aryl methyl sites for hydroxylation is 1. The van der Waals surface area contributed by atoms with Gasteiger partial charge >= 0.3 is 0 Å². The van der Waals surface area contributed by atoms with E-state index < -0.39 is 0 Å². The summed E-state index contributed by atoms with van der Waals surface area (Å²) >= 11 is 0. The Morgan fingerprint density at radius 1 is 1.54 bits per heavy atom. The molecule has 0 saturated carbocycles. The summed E-state index contributed by atoms with van der Waals surface area (Å²) in [5.41, 5.74) is 2.65. The SMILES string of the molecule is C#Cc1cnn(C)c1-c1cn[nH]c1. The van der Waals surface area contributed by atoms with Gasteiger partial charge in [0.1, 0.15) is 0 Å². The van der Waals surface area contributed by atoms with Gasteiger partial charge in [0.15, 0.2) is 0 Å². The van der Waals surface area contributed by atoms with E-state index in [1.165, 1.54) is 0 Å². The molecule has 13 heavy (non-hydrogen) atoms. The second-order valence-corrected chi connectivity index (χ2v) is 2.66. The van der Waals surface area contributed by atoms with Gasteiger partial charge in [-0.25, -0.2) is 0 Å². The number of rotatable bonds is 1. The maximum atomic E-state index is 5.34. The van der Waals surface area contributed by atoms with Crippen molar-refractivity contribution in [2.24, 2.45) is 7.05 Å². The normalized spacial score (nSPS) is 9.85. The predicted molar refractivity (Wildman–Crippen MR) is 48.7 cm³/mol. The van der Waals surface area contributed by atoms with Crippen LogP contribution in [-0.2, 0) is 7.05 Å². The van der Waals surface area contributed by atoms with Crippen molar-refractivity contribution in [3.63, 3.8) is 0 Å². The Bertz CT molecular complexity index is 444. The lowest BCUT2D eigenvalue weighted by Crippen LogP contribution is -1.93. The number of aromatic nitrogens is 4. The first-order chi connectivity index (χ1) is 6.33. The highest BCUT2D eigenvalue weighted by atomic mass is 15.3. The molecule has 0 atom stereocenters. The van der Waals surface area contributed by atoms with Crippen molar-refractivity contribution in [3.05, 3.63) is 24.2 Å². The van der Waals surface area contributed by atoms with E-state index in [4.69, 9.17) is 6.42 Å². The van der Waals surface area contributed by atoms with Gasteiger partial charge in [-0.15, -0.1) is 6.42 Å². The highest BCUT2D eigenvalue weighted by molar-refractivity contribution is 5.65. The first-order valence-electron chi connectivity index (χ1n) is 3.80. The Balaban J connectivity index is 2.64. The third kappa shape index (κ3) is 1.11. The van der Waals surface area contributed by atoms with Gasteiger partial charge in [-0.1, -0.05) is 5.92 Å². The van der Waals surface area contributed by atoms with E-state index in [0.29, 0.717) is 0 Å². The summed E-state index contributed by atoms with van der Waals surface area (Å²) < 4.78 is 1.74. The minimum atomic E-state index is 0.781. The first kappa shape index (κ1) is 7.62. The number of hydrogen-bond donors (Lipinski definition) is 1. The second kappa shape index (κ2) is 2.79. The molecule has 0 spiro atoms. The van der Waals surface area contributed by atoms with Crippen molar-refractivity contribution >= 4 is 0 Å². The van der Waals surface area contributed by atoms with E-state index in [9.17, 15) is 0 Å². The van der Waals surface area contributed by atoms with Gasteiger partial charge in [0.2, 0.25) is 0 Å². The Labute approximate surface area is 75.6 Å². The van der Waals surface area contributed by atoms with Gasteiger partial charge < -0.3 is 0 Å². The monoisotopic (exact) mass is 172 g/mol. The molecule has 0 bridgehead atoms. The lowest BCUT2D eigenvalue weighted by Gasteiger charge is -1.97. The second-order valence-electron chi connectivity index (χ2n) is 2.66. The summed E-state index contributed by atoms with van der Waals surface area (Å²) in [7, 11) is 1.85. The molecule has 2 rings (SSSR count). The van der Waals surface area contributed by atoms with E-state index in [1.54, 1.807) is 23.3 Å². The number of aromatic amines is 1. The maximum Gasteiger partial charge on any atom is 0.0867 e. The number of H-pyrrole nitrogens is 1. The highest BCUT2D eigenvalue weighted by Crippen LogP contribution is 2.20. The van der Waals surface area contributed by atoms with Crippen LogP contribution in [0.1, 0.15) is 5.56 Å². The Morgan fingerprint density at radius 3 is 3.00 bits per heavy atom. The molecule has 4 heteroatoms. The van der Waals surface area contributed by atoms with E-state index in [0.717, 1.165) is 16.8 Å². The molecule has 0 aromatic carbocycles. The molecule has 64 valence electrons. The number of hydrogen-bond acceptors (Lipinski definition) is 2. The van der Waals surface area contributed by atoms with Crippen LogP contribution in [0.15, 0.2) is 18.6 Å². The molecule has 0 aliphatic heterocycles. The molecule has 0 saturated heterocycles. The summed E-state index contributed by atoms with van der Waals surface area (Å²) in [6.45, 7) is 0. The van der Waals surface area contributed by atoms with Crippen molar-refractivity contribution in [3.8, 4) is 23.6 Å². The molecule has 0 amide bonds. The van der Waals surface area contributed by atoms with E-state index >= 15 is 0 Å². The molecule has 0 aliphatic carbocycles. The zero-order valence-electron chi connectivity index (χ0n) is 7.15. The van der Waals surface area contributed by atoms with Crippen LogP contribution in [0.4, 0.5) is 0 Å². The summed E-state index contributed by atoms with van der Waals surface area (Å²) in [5.74, 6) is 2.58. The smallest absolute Gasteiger partial charge is 0.0867 e. The number of nitrogens with one attached hydrogen (secondary N) is 1. The minimum absolute atomic E-state index is 0.781. The van der Waals surface area contributed by atoms with Crippen molar-refractivity contribution < 1.29 is 0 Å². The fraction of sp³-hybridized carbons (Fsp3) is 0.111. The summed E-state index contributed by atoms with van der Waals surface area (Å²) in [6, 6.07) is 0. The molecule has 4 nitrogen and oxygen atoms in total. The zero-order chi connectivity index (χ0) is 9.26. The fourth-order valence-corrected chi connectivity index (χ4v) is 1.27. The molecular formula is C9H8N4. The van der Waals surface area contributed by atoms with Crippen LogP contribution in [0.2, 0.25) is 0 Å². The molecule has 0 unspecified atom stereocenters. The van der Waals surface area contributed by atoms with Crippen molar-refractivity contribution in [2.45, 2.75) is 0 Å². The largest absolute Gasteiger partial charge is 0.285 e. The number of terminal acetylenes is 1. The highest BCUT2D eigenvalue weighted by Gasteiger charge is 2.09. The maximum absolute atomic E-state index is 5.34. The lowest BCUT2D eigenvalue weighted by atomic mass is 10.2. The van der Waals surface area contributed by atoms with E-state index in [2.05, 4.69) is 21.2 Å². The molecule has 2 heterocycles. The van der Waals surface area contributed by atoms with Gasteiger partial charge in [0.05, 0.1) is 23.7 Å². The standard InChI is InChI=1S/C9H8N4/c1-3-7-6-12-13(2)9(7)8-4-10-11-5-8/h1,4-6H,2H3,(H,10,11). The fourth-order valence-electron chi connectivity index (χ4n) is 1.27. The molecule has 0 radical (unpaired) electrons. The molecule has 1 N–H and O–H groups in total. The lowest BCUT2D eigenvalue weighted by molar-refractivity contribution is 0.776. The van der Waals surface area contributed by atoms with Crippen molar-refractivity contribution in [1.82, 2.24) is 20.0 Å². The minimum Gasteiger partial charge on any atom is -0.285 e. The summed E-state index contributed by atoms with van der Waals surface area (Å²) in [5, 5.41) is 10.7. The van der Waals surface area contributed by atoms with Crippen LogP contribution in [0.5, 0.6) is 0 Å². The summed E-state index contributed by atoms with van der Waals surface area (Å²) in [4.78, 5) is 0. The van der Waals surface area contributed by atoms with Gasteiger partial charge in [-0.3, -0.25) is 9.78 Å². The topological polar surface area (TPSA) is 46.5 Å². The van der Waals surface area contributed by atoms with Gasteiger partial charge in [-0.2, -0.15) is 10.2 Å². The zero-order valence-corrected chi connectivity index (χ0v) is 7.15. The average Bonchev–Trinajstić information content (AvgIpc) is 2.72. The average molecular weight is 172 g/mol. The molecule has 2 aromatic rings. The van der Waals surface area contributed by atoms with Gasteiger partial charge in [-0.05, 0) is 0 Å². The first-order valence-corrected chi connectivity index (χ1v) is 3.80. The third-order valence-electron chi connectivity index (χ3n) is 1.87. The molecular weight excluding hydrogens is 164 g/mol. The molecule has 0 fully saturated rings. The Hall–Kier alpha value is -2.02. The van der Waals surface area contributed by atoms with Crippen LogP contribution in [0.3, 0.4) is 0 Å². The van der Waals surface area contributed by atoms with E-state index in [1.807, 2.05) is 7.05 Å². The summed E-state index contributed by atoms with van der Waals surface area (Å²) in [6.07, 6.45) is 10.5. The van der Waals surface area contributed by atoms with Crippen LogP contribution in [0.25, 0.3) is 11.3 Å². The van der Waals surface area contributed by atoms with Gasteiger partial charge in [0, 0.05) is 18.8 Å². The van der Waals surface area contributed by atoms with Crippen LogP contribution >= 0.6 is 0 Å². The number of nitrogens with zero attached hydrogens (tertiary/aromatic N) is 3. The van der Waals surface area contributed by atoms with Crippen molar-refractivity contribution in [1.29, 1.82) is 0 Å². The van der Waals surface area contributed by atoms with E-state index in [-0.39, 0.29) is 0 Å². The van der Waals surface area contributed by atoms with Crippen LogP contribution in [0, 0.1) is 12.3 Å². The van der Waals surface area contributed by atoms with Crippen LogP contribution in [-0.4, -0.2) is 20.0 Å². The molecule has 0 aliphatic rings. The Morgan fingerprint density at radius 2 is 2.38 bits per heavy atom. The van der Waals surface area contributed by atoms with Crippen molar-refractivity contribution in [2.75, 3.05) is 0 Å². The Kier molecular flexibility index (Phi) is 1.64. The quantitative estimate of drug-likeness (QED) is 0.646. The predicted octanol–water partition coefficient (Wildman–Crippen LogP) is 0.791.